The fourth-order valence-corrected chi connectivity index (χ4v) is 6.32. The second-order valence-corrected chi connectivity index (χ2v) is 10.3. The number of nitriles is 1. The molecule has 1 saturated heterocycles. The third-order valence-electron chi connectivity index (χ3n) is 6.86. The highest BCUT2D eigenvalue weighted by molar-refractivity contribution is 7.10. The van der Waals surface area contributed by atoms with Gasteiger partial charge >= 0.3 is 0 Å². The highest BCUT2D eigenvalue weighted by Crippen LogP contribution is 2.48. The van der Waals surface area contributed by atoms with Crippen LogP contribution in [0.4, 0.5) is 5.69 Å². The SMILES string of the molecule is Cc1c(Cl)cccc1N1C(N)=C(C#N)C(c2cc(CN3CCOCC3)cs2)C2=C1CCCC2=O. The molecule has 176 valence electrons. The molecule has 1 atom stereocenters. The van der Waals surface area contributed by atoms with Crippen LogP contribution in [0.2, 0.25) is 5.02 Å². The molecule has 2 aromatic rings. The number of ether oxygens (including phenoxy) is 1. The lowest BCUT2D eigenvalue weighted by atomic mass is 9.78. The quantitative estimate of drug-likeness (QED) is 0.654. The van der Waals surface area contributed by atoms with Gasteiger partial charge in [-0.05, 0) is 54.5 Å². The zero-order chi connectivity index (χ0) is 23.8. The average Bonchev–Trinajstić information content (AvgIpc) is 3.29. The van der Waals surface area contributed by atoms with Gasteiger partial charge in [0.2, 0.25) is 0 Å². The maximum atomic E-state index is 13.3. The molecular weight excluding hydrogens is 468 g/mol. The summed E-state index contributed by atoms with van der Waals surface area (Å²) >= 11 is 8.02. The number of anilines is 1. The Kier molecular flexibility index (Phi) is 6.50. The van der Waals surface area contributed by atoms with Gasteiger partial charge in [-0.15, -0.1) is 11.3 Å². The number of rotatable bonds is 4. The van der Waals surface area contributed by atoms with Crippen molar-refractivity contribution in [3.63, 3.8) is 0 Å². The van der Waals surface area contributed by atoms with Gasteiger partial charge in [-0.3, -0.25) is 14.6 Å². The minimum absolute atomic E-state index is 0.0966. The number of thiophene rings is 1. The van der Waals surface area contributed by atoms with E-state index < -0.39 is 5.92 Å². The van der Waals surface area contributed by atoms with E-state index in [4.69, 9.17) is 22.1 Å². The number of ketones is 1. The van der Waals surface area contributed by atoms with E-state index in [1.807, 2.05) is 30.0 Å². The molecule has 0 bridgehead atoms. The van der Waals surface area contributed by atoms with Gasteiger partial charge in [0.25, 0.3) is 0 Å². The molecule has 5 rings (SSSR count). The summed E-state index contributed by atoms with van der Waals surface area (Å²) in [6.45, 7) is 6.09. The maximum absolute atomic E-state index is 13.3. The van der Waals surface area contributed by atoms with E-state index >= 15 is 0 Å². The zero-order valence-corrected chi connectivity index (χ0v) is 20.7. The van der Waals surface area contributed by atoms with E-state index in [9.17, 15) is 10.1 Å². The summed E-state index contributed by atoms with van der Waals surface area (Å²) in [6.07, 6.45) is 1.99. The van der Waals surface area contributed by atoms with Crippen molar-refractivity contribution >= 4 is 34.4 Å². The molecule has 3 aliphatic rings. The Morgan fingerprint density at radius 2 is 2.09 bits per heavy atom. The molecule has 2 aliphatic heterocycles. The predicted octanol–water partition coefficient (Wildman–Crippen LogP) is 4.85. The first kappa shape index (κ1) is 23.1. The van der Waals surface area contributed by atoms with Crippen molar-refractivity contribution in [3.8, 4) is 6.07 Å². The van der Waals surface area contributed by atoms with E-state index in [0.29, 0.717) is 28.4 Å². The van der Waals surface area contributed by atoms with Gasteiger partial charge < -0.3 is 10.5 Å². The molecule has 1 unspecified atom stereocenters. The van der Waals surface area contributed by atoms with Gasteiger partial charge in [0.15, 0.2) is 5.78 Å². The molecule has 0 saturated carbocycles. The third-order valence-corrected chi connectivity index (χ3v) is 8.32. The molecule has 0 spiro atoms. The fourth-order valence-electron chi connectivity index (χ4n) is 5.13. The predicted molar refractivity (Wildman–Crippen MR) is 135 cm³/mol. The van der Waals surface area contributed by atoms with Gasteiger partial charge in [0, 0.05) is 47.2 Å². The number of hydrogen-bond acceptors (Lipinski definition) is 7. The highest BCUT2D eigenvalue weighted by atomic mass is 35.5. The molecule has 0 radical (unpaired) electrons. The molecule has 2 N–H and O–H groups in total. The lowest BCUT2D eigenvalue weighted by Gasteiger charge is -2.40. The number of nitrogens with two attached hydrogens (primary N) is 1. The number of allylic oxidation sites excluding steroid dienone is 3. The first-order chi connectivity index (χ1) is 16.5. The number of hydrogen-bond donors (Lipinski definition) is 1. The molecule has 6 nitrogen and oxygen atoms in total. The summed E-state index contributed by atoms with van der Waals surface area (Å²) in [6, 6.07) is 10.1. The van der Waals surface area contributed by atoms with Crippen LogP contribution in [0.15, 0.2) is 52.3 Å². The summed E-state index contributed by atoms with van der Waals surface area (Å²) in [5.74, 6) is 0.0562. The molecular formula is C26H27ClN4O2S. The Bertz CT molecular complexity index is 1240. The van der Waals surface area contributed by atoms with Crippen LogP contribution >= 0.6 is 22.9 Å². The van der Waals surface area contributed by atoms with Crippen LogP contribution in [-0.4, -0.2) is 37.0 Å². The van der Waals surface area contributed by atoms with Crippen LogP contribution in [0.3, 0.4) is 0 Å². The largest absolute Gasteiger partial charge is 0.384 e. The van der Waals surface area contributed by atoms with E-state index in [-0.39, 0.29) is 5.78 Å². The summed E-state index contributed by atoms with van der Waals surface area (Å²) in [5, 5.41) is 13.0. The van der Waals surface area contributed by atoms with Crippen LogP contribution in [0.25, 0.3) is 0 Å². The van der Waals surface area contributed by atoms with Gasteiger partial charge in [-0.2, -0.15) is 5.26 Å². The van der Waals surface area contributed by atoms with Crippen LogP contribution in [0, 0.1) is 18.3 Å². The molecule has 1 aliphatic carbocycles. The van der Waals surface area contributed by atoms with E-state index in [1.54, 1.807) is 11.3 Å². The maximum Gasteiger partial charge on any atom is 0.161 e. The highest BCUT2D eigenvalue weighted by Gasteiger charge is 2.41. The number of benzene rings is 1. The summed E-state index contributed by atoms with van der Waals surface area (Å²) in [7, 11) is 0. The monoisotopic (exact) mass is 494 g/mol. The summed E-state index contributed by atoms with van der Waals surface area (Å²) < 4.78 is 5.46. The number of morpholine rings is 1. The number of carbonyl (C=O) groups excluding carboxylic acids is 1. The van der Waals surface area contributed by atoms with Crippen molar-refractivity contribution in [2.45, 2.75) is 38.6 Å². The number of Topliss-reactive ketones (excluding diaryl/α,β-unsaturated/α-hetero) is 1. The van der Waals surface area contributed by atoms with Gasteiger partial charge in [-0.1, -0.05) is 17.7 Å². The zero-order valence-electron chi connectivity index (χ0n) is 19.1. The van der Waals surface area contributed by atoms with Crippen molar-refractivity contribution in [1.29, 1.82) is 5.26 Å². The minimum atomic E-state index is -0.424. The summed E-state index contributed by atoms with van der Waals surface area (Å²) in [5.41, 5.74) is 11.6. The lowest BCUT2D eigenvalue weighted by molar-refractivity contribution is -0.116. The van der Waals surface area contributed by atoms with E-state index in [0.717, 1.165) is 67.5 Å². The number of halogens is 1. The standard InChI is InChI=1S/C26H27ClN4O2S/c1-16-19(27)4-2-5-20(16)31-21-6-3-7-22(32)25(21)24(18(13-28)26(31)29)23-12-17(15-34-23)14-30-8-10-33-11-9-30/h2,4-5,12,15,24H,3,6-11,14,29H2,1H3. The minimum Gasteiger partial charge on any atom is -0.384 e. The first-order valence-corrected chi connectivity index (χ1v) is 12.8. The second kappa shape index (κ2) is 9.55. The lowest BCUT2D eigenvalue weighted by Crippen LogP contribution is -2.39. The Labute approximate surface area is 208 Å². The van der Waals surface area contributed by atoms with Gasteiger partial charge in [0.1, 0.15) is 5.82 Å². The molecule has 3 heterocycles. The molecule has 8 heteroatoms. The Hall–Kier alpha value is -2.63. The van der Waals surface area contributed by atoms with E-state index in [2.05, 4.69) is 22.4 Å². The van der Waals surface area contributed by atoms with Crippen molar-refractivity contribution in [2.75, 3.05) is 31.2 Å². The molecule has 0 amide bonds. The first-order valence-electron chi connectivity index (χ1n) is 11.6. The summed E-state index contributed by atoms with van der Waals surface area (Å²) in [4.78, 5) is 18.6. The van der Waals surface area contributed by atoms with Crippen LogP contribution in [-0.2, 0) is 16.1 Å². The average molecular weight is 495 g/mol. The Balaban J connectivity index is 1.59. The normalized spacial score (nSPS) is 21.6. The molecule has 1 fully saturated rings. The van der Waals surface area contributed by atoms with Crippen molar-refractivity contribution in [3.05, 3.63) is 73.3 Å². The third kappa shape index (κ3) is 4.05. The van der Waals surface area contributed by atoms with Crippen molar-refractivity contribution in [2.24, 2.45) is 5.73 Å². The van der Waals surface area contributed by atoms with Crippen LogP contribution in [0.5, 0.6) is 0 Å². The molecule has 1 aromatic heterocycles. The van der Waals surface area contributed by atoms with Crippen molar-refractivity contribution < 1.29 is 9.53 Å². The molecule has 1 aromatic carbocycles. The molecule has 34 heavy (non-hydrogen) atoms. The van der Waals surface area contributed by atoms with Crippen LogP contribution < -0.4 is 10.6 Å². The number of carbonyl (C=O) groups is 1. The Morgan fingerprint density at radius 3 is 2.85 bits per heavy atom. The van der Waals surface area contributed by atoms with Gasteiger partial charge in [-0.25, -0.2) is 0 Å². The van der Waals surface area contributed by atoms with Crippen molar-refractivity contribution in [1.82, 2.24) is 4.90 Å². The smallest absolute Gasteiger partial charge is 0.161 e. The number of nitrogens with zero attached hydrogens (tertiary/aromatic N) is 3. The topological polar surface area (TPSA) is 82.6 Å². The van der Waals surface area contributed by atoms with E-state index in [1.165, 1.54) is 5.56 Å². The van der Waals surface area contributed by atoms with Crippen LogP contribution in [0.1, 0.15) is 41.2 Å². The van der Waals surface area contributed by atoms with Gasteiger partial charge in [0.05, 0.1) is 36.5 Å². The Morgan fingerprint density at radius 1 is 1.29 bits per heavy atom. The second-order valence-electron chi connectivity index (χ2n) is 8.95. The fraction of sp³-hybridized carbons (Fsp3) is 0.385.